The van der Waals surface area contributed by atoms with E-state index in [9.17, 15) is 9.59 Å². The molecule has 1 atom stereocenters. The molecule has 2 heterocycles. The molecule has 6 nitrogen and oxygen atoms in total. The minimum Gasteiger partial charge on any atom is -0.356 e. The fourth-order valence-corrected chi connectivity index (χ4v) is 2.77. The van der Waals surface area contributed by atoms with Crippen LogP contribution in [-0.2, 0) is 11.2 Å². The average Bonchev–Trinajstić information content (AvgIpc) is 3.41. The van der Waals surface area contributed by atoms with Gasteiger partial charge in [-0.3, -0.25) is 14.6 Å². The molecular formula is C18H22N4O2. The van der Waals surface area contributed by atoms with Crippen molar-refractivity contribution in [2.24, 2.45) is 11.8 Å². The highest BCUT2D eigenvalue weighted by atomic mass is 16.2. The van der Waals surface area contributed by atoms with Gasteiger partial charge in [-0.2, -0.15) is 0 Å². The number of pyridine rings is 1. The van der Waals surface area contributed by atoms with Crippen molar-refractivity contribution in [3.05, 3.63) is 46.0 Å². The van der Waals surface area contributed by atoms with Crippen LogP contribution in [0, 0.1) is 18.8 Å². The molecule has 1 amide bonds. The SMILES string of the molecule is Cc1nc(-c2ccccn2)[nH]c(=O)c1CC(=O)NCC(C)C1CC1. The lowest BCUT2D eigenvalue weighted by molar-refractivity contribution is -0.120. The van der Waals surface area contributed by atoms with Gasteiger partial charge in [0, 0.05) is 24.0 Å². The summed E-state index contributed by atoms with van der Waals surface area (Å²) in [6.07, 6.45) is 4.21. The third-order valence-electron chi connectivity index (χ3n) is 4.52. The van der Waals surface area contributed by atoms with Crippen molar-refractivity contribution in [3.63, 3.8) is 0 Å². The molecule has 1 unspecified atom stereocenters. The van der Waals surface area contributed by atoms with Gasteiger partial charge in [-0.1, -0.05) is 13.0 Å². The molecule has 2 aromatic heterocycles. The highest BCUT2D eigenvalue weighted by Crippen LogP contribution is 2.36. The molecule has 3 rings (SSSR count). The fourth-order valence-electron chi connectivity index (χ4n) is 2.77. The number of hydrogen-bond donors (Lipinski definition) is 2. The first-order chi connectivity index (χ1) is 11.5. The molecule has 1 aliphatic carbocycles. The second kappa shape index (κ2) is 6.95. The van der Waals surface area contributed by atoms with E-state index >= 15 is 0 Å². The normalized spacial score (nSPS) is 15.1. The number of aromatic nitrogens is 3. The van der Waals surface area contributed by atoms with Gasteiger partial charge in [0.15, 0.2) is 5.82 Å². The van der Waals surface area contributed by atoms with E-state index in [0.29, 0.717) is 35.2 Å². The summed E-state index contributed by atoms with van der Waals surface area (Å²) < 4.78 is 0. The lowest BCUT2D eigenvalue weighted by Gasteiger charge is -2.12. The van der Waals surface area contributed by atoms with Crippen molar-refractivity contribution in [2.75, 3.05) is 6.54 Å². The average molecular weight is 326 g/mol. The van der Waals surface area contributed by atoms with Gasteiger partial charge in [-0.05, 0) is 43.7 Å². The predicted molar refractivity (Wildman–Crippen MR) is 91.4 cm³/mol. The van der Waals surface area contributed by atoms with Crippen LogP contribution in [0.2, 0.25) is 0 Å². The van der Waals surface area contributed by atoms with Crippen LogP contribution in [0.1, 0.15) is 31.0 Å². The molecule has 0 aliphatic heterocycles. The Morgan fingerprint density at radius 3 is 2.83 bits per heavy atom. The van der Waals surface area contributed by atoms with Gasteiger partial charge in [0.2, 0.25) is 5.91 Å². The molecule has 24 heavy (non-hydrogen) atoms. The first-order valence-corrected chi connectivity index (χ1v) is 8.32. The molecule has 6 heteroatoms. The third-order valence-corrected chi connectivity index (χ3v) is 4.52. The second-order valence-corrected chi connectivity index (χ2v) is 6.49. The van der Waals surface area contributed by atoms with Gasteiger partial charge in [-0.25, -0.2) is 4.98 Å². The van der Waals surface area contributed by atoms with Gasteiger partial charge in [-0.15, -0.1) is 0 Å². The van der Waals surface area contributed by atoms with Gasteiger partial charge in [0.25, 0.3) is 5.56 Å². The predicted octanol–water partition coefficient (Wildman–Crippen LogP) is 1.85. The first kappa shape index (κ1) is 16.4. The first-order valence-electron chi connectivity index (χ1n) is 8.32. The third kappa shape index (κ3) is 3.88. The quantitative estimate of drug-likeness (QED) is 0.848. The van der Waals surface area contributed by atoms with Crippen LogP contribution in [0.4, 0.5) is 0 Å². The number of rotatable bonds is 6. The van der Waals surface area contributed by atoms with Crippen molar-refractivity contribution in [3.8, 4) is 11.5 Å². The standard InChI is InChI=1S/C18H22N4O2/c1-11(13-6-7-13)10-20-16(23)9-14-12(2)21-17(22-18(14)24)15-5-3-4-8-19-15/h3-5,8,11,13H,6-7,9-10H2,1-2H3,(H,20,23)(H,21,22,24). The zero-order valence-electron chi connectivity index (χ0n) is 14.0. The maximum absolute atomic E-state index is 12.3. The Balaban J connectivity index is 1.69. The van der Waals surface area contributed by atoms with E-state index in [1.807, 2.05) is 6.07 Å². The number of aryl methyl sites for hydroxylation is 1. The van der Waals surface area contributed by atoms with Gasteiger partial charge >= 0.3 is 0 Å². The van der Waals surface area contributed by atoms with E-state index in [4.69, 9.17) is 0 Å². The molecule has 1 fully saturated rings. The summed E-state index contributed by atoms with van der Waals surface area (Å²) in [4.78, 5) is 35.7. The Morgan fingerprint density at radius 2 is 2.21 bits per heavy atom. The second-order valence-electron chi connectivity index (χ2n) is 6.49. The smallest absolute Gasteiger partial charge is 0.255 e. The van der Waals surface area contributed by atoms with Crippen molar-refractivity contribution in [1.82, 2.24) is 20.3 Å². The van der Waals surface area contributed by atoms with Crippen LogP contribution < -0.4 is 10.9 Å². The van der Waals surface area contributed by atoms with E-state index in [0.717, 1.165) is 5.92 Å². The highest BCUT2D eigenvalue weighted by molar-refractivity contribution is 5.78. The maximum atomic E-state index is 12.3. The van der Waals surface area contributed by atoms with Gasteiger partial charge < -0.3 is 10.3 Å². The molecule has 0 spiro atoms. The van der Waals surface area contributed by atoms with Crippen molar-refractivity contribution < 1.29 is 4.79 Å². The summed E-state index contributed by atoms with van der Waals surface area (Å²) in [5.41, 5.74) is 1.29. The van der Waals surface area contributed by atoms with E-state index in [2.05, 4.69) is 27.2 Å². The van der Waals surface area contributed by atoms with Gasteiger partial charge in [0.1, 0.15) is 5.69 Å². The Labute approximate surface area is 140 Å². The lowest BCUT2D eigenvalue weighted by Crippen LogP contribution is -2.32. The van der Waals surface area contributed by atoms with Crippen LogP contribution >= 0.6 is 0 Å². The molecule has 1 saturated carbocycles. The number of nitrogens with one attached hydrogen (secondary N) is 2. The number of nitrogens with zero attached hydrogens (tertiary/aromatic N) is 2. The zero-order chi connectivity index (χ0) is 17.1. The summed E-state index contributed by atoms with van der Waals surface area (Å²) in [6, 6.07) is 5.42. The summed E-state index contributed by atoms with van der Waals surface area (Å²) in [5, 5.41) is 2.92. The highest BCUT2D eigenvalue weighted by Gasteiger charge is 2.27. The number of carbonyl (C=O) groups is 1. The van der Waals surface area contributed by atoms with Crippen LogP contribution in [0.25, 0.3) is 11.5 Å². The minimum atomic E-state index is -0.284. The molecule has 1 aliphatic rings. The van der Waals surface area contributed by atoms with Crippen molar-refractivity contribution in [1.29, 1.82) is 0 Å². The Kier molecular flexibility index (Phi) is 4.74. The number of hydrogen-bond acceptors (Lipinski definition) is 4. The number of carbonyl (C=O) groups excluding carboxylic acids is 1. The zero-order valence-corrected chi connectivity index (χ0v) is 14.0. The molecule has 0 radical (unpaired) electrons. The van der Waals surface area contributed by atoms with E-state index in [1.165, 1.54) is 12.8 Å². The molecule has 0 saturated heterocycles. The molecule has 126 valence electrons. The summed E-state index contributed by atoms with van der Waals surface area (Å²) in [7, 11) is 0. The molecule has 0 aromatic carbocycles. The summed E-state index contributed by atoms with van der Waals surface area (Å²) in [5.74, 6) is 1.53. The van der Waals surface area contributed by atoms with E-state index in [1.54, 1.807) is 25.3 Å². The topological polar surface area (TPSA) is 87.7 Å². The Bertz CT molecular complexity index is 781. The summed E-state index contributed by atoms with van der Waals surface area (Å²) >= 11 is 0. The number of aromatic amines is 1. The maximum Gasteiger partial charge on any atom is 0.255 e. The van der Waals surface area contributed by atoms with Crippen LogP contribution in [0.5, 0.6) is 0 Å². The lowest BCUT2D eigenvalue weighted by atomic mass is 10.1. The van der Waals surface area contributed by atoms with Crippen molar-refractivity contribution in [2.45, 2.75) is 33.1 Å². The molecule has 2 N–H and O–H groups in total. The summed E-state index contributed by atoms with van der Waals surface area (Å²) in [6.45, 7) is 4.57. The monoisotopic (exact) mass is 326 g/mol. The van der Waals surface area contributed by atoms with Crippen LogP contribution in [0.3, 0.4) is 0 Å². The van der Waals surface area contributed by atoms with Crippen LogP contribution in [0.15, 0.2) is 29.2 Å². The fraction of sp³-hybridized carbons (Fsp3) is 0.444. The Hall–Kier alpha value is -2.50. The number of H-pyrrole nitrogens is 1. The Morgan fingerprint density at radius 1 is 1.42 bits per heavy atom. The van der Waals surface area contributed by atoms with E-state index in [-0.39, 0.29) is 17.9 Å². The molecular weight excluding hydrogens is 304 g/mol. The van der Waals surface area contributed by atoms with Crippen molar-refractivity contribution >= 4 is 5.91 Å². The van der Waals surface area contributed by atoms with Gasteiger partial charge in [0.05, 0.1) is 6.42 Å². The van der Waals surface area contributed by atoms with E-state index < -0.39 is 0 Å². The largest absolute Gasteiger partial charge is 0.356 e. The molecule has 0 bridgehead atoms. The minimum absolute atomic E-state index is 0.0497. The van der Waals surface area contributed by atoms with Crippen LogP contribution in [-0.4, -0.2) is 27.4 Å². The molecule has 2 aromatic rings. The number of amides is 1.